The van der Waals surface area contributed by atoms with Crippen LogP contribution >= 0.6 is 23.2 Å². The molecule has 112 valence electrons. The van der Waals surface area contributed by atoms with Gasteiger partial charge in [-0.2, -0.15) is 4.31 Å². The Morgan fingerprint density at radius 3 is 2.50 bits per heavy atom. The van der Waals surface area contributed by atoms with Crippen molar-refractivity contribution in [3.05, 3.63) is 27.7 Å². The zero-order valence-electron chi connectivity index (χ0n) is 11.5. The maximum absolute atomic E-state index is 12.8. The second-order valence-electron chi connectivity index (χ2n) is 5.54. The Morgan fingerprint density at radius 1 is 1.35 bits per heavy atom. The van der Waals surface area contributed by atoms with Crippen molar-refractivity contribution in [1.82, 2.24) is 4.31 Å². The molecule has 1 saturated heterocycles. The summed E-state index contributed by atoms with van der Waals surface area (Å²) in [6.45, 7) is 4.45. The van der Waals surface area contributed by atoms with Gasteiger partial charge in [0.25, 0.3) is 0 Å². The van der Waals surface area contributed by atoms with E-state index in [9.17, 15) is 8.42 Å². The molecule has 0 amide bonds. The Bertz CT molecular complexity index is 630. The summed E-state index contributed by atoms with van der Waals surface area (Å²) in [5.41, 5.74) is 5.66. The lowest BCUT2D eigenvalue weighted by Crippen LogP contribution is -2.42. The van der Waals surface area contributed by atoms with Crippen LogP contribution in [0.4, 0.5) is 0 Å². The van der Waals surface area contributed by atoms with Gasteiger partial charge in [-0.05, 0) is 38.8 Å². The number of benzene rings is 1. The van der Waals surface area contributed by atoms with Gasteiger partial charge in [0.1, 0.15) is 4.90 Å². The Morgan fingerprint density at radius 2 is 2.00 bits per heavy atom. The summed E-state index contributed by atoms with van der Waals surface area (Å²) >= 11 is 12.2. The number of hydrogen-bond donors (Lipinski definition) is 1. The number of sulfonamides is 1. The van der Waals surface area contributed by atoms with E-state index in [1.165, 1.54) is 16.4 Å². The van der Waals surface area contributed by atoms with Crippen LogP contribution in [0.1, 0.15) is 32.3 Å². The van der Waals surface area contributed by atoms with Gasteiger partial charge in [0.15, 0.2) is 0 Å². The molecule has 0 atom stereocenters. The van der Waals surface area contributed by atoms with Gasteiger partial charge < -0.3 is 5.73 Å². The quantitative estimate of drug-likeness (QED) is 0.922. The van der Waals surface area contributed by atoms with E-state index < -0.39 is 15.6 Å². The van der Waals surface area contributed by atoms with Gasteiger partial charge >= 0.3 is 0 Å². The van der Waals surface area contributed by atoms with E-state index in [4.69, 9.17) is 28.9 Å². The van der Waals surface area contributed by atoms with E-state index in [0.717, 1.165) is 12.8 Å². The highest BCUT2D eigenvalue weighted by atomic mass is 35.5. The Hall–Kier alpha value is -0.330. The summed E-state index contributed by atoms with van der Waals surface area (Å²) < 4.78 is 27.1. The largest absolute Gasteiger partial charge is 0.326 e. The topological polar surface area (TPSA) is 63.4 Å². The number of halogens is 2. The summed E-state index contributed by atoms with van der Waals surface area (Å²) in [6, 6.07) is 2.99. The highest BCUT2D eigenvalue weighted by molar-refractivity contribution is 7.89. The molecule has 1 aromatic carbocycles. The lowest BCUT2D eigenvalue weighted by molar-refractivity contribution is 0.292. The van der Waals surface area contributed by atoms with Gasteiger partial charge in [0, 0.05) is 29.2 Å². The lowest BCUT2D eigenvalue weighted by atomic mass is 10.0. The fourth-order valence-corrected chi connectivity index (χ4v) is 5.37. The van der Waals surface area contributed by atoms with Gasteiger partial charge in [-0.3, -0.25) is 0 Å². The third kappa shape index (κ3) is 2.57. The molecular weight excluding hydrogens is 319 g/mol. The van der Waals surface area contributed by atoms with Crippen molar-refractivity contribution in [2.45, 2.75) is 43.7 Å². The van der Waals surface area contributed by atoms with E-state index in [2.05, 4.69) is 0 Å². The molecule has 1 fully saturated rings. The third-order valence-electron chi connectivity index (χ3n) is 3.75. The second kappa shape index (κ2) is 5.46. The van der Waals surface area contributed by atoms with Crippen molar-refractivity contribution in [2.24, 2.45) is 5.73 Å². The van der Waals surface area contributed by atoms with Crippen LogP contribution in [-0.2, 0) is 16.6 Å². The molecule has 7 heteroatoms. The molecule has 2 N–H and O–H groups in total. The molecular formula is C13H18Cl2N2O2S. The number of rotatable bonds is 3. The molecule has 1 heterocycles. The molecule has 0 aliphatic carbocycles. The van der Waals surface area contributed by atoms with Crippen LogP contribution < -0.4 is 5.73 Å². The predicted octanol–water partition coefficient (Wildman–Crippen LogP) is 3.02. The first kappa shape index (κ1) is 16.0. The third-order valence-corrected chi connectivity index (χ3v) is 6.80. The first-order valence-corrected chi connectivity index (χ1v) is 8.61. The summed E-state index contributed by atoms with van der Waals surface area (Å²) in [5.74, 6) is 0. The summed E-state index contributed by atoms with van der Waals surface area (Å²) in [4.78, 5) is 0.0824. The molecule has 0 bridgehead atoms. The van der Waals surface area contributed by atoms with Crippen molar-refractivity contribution < 1.29 is 8.42 Å². The number of nitrogens with zero attached hydrogens (tertiary/aromatic N) is 1. The maximum atomic E-state index is 12.8. The van der Waals surface area contributed by atoms with Gasteiger partial charge in [0.05, 0.1) is 5.02 Å². The predicted molar refractivity (Wildman–Crippen MR) is 81.6 cm³/mol. The highest BCUT2D eigenvalue weighted by Gasteiger charge is 2.41. The van der Waals surface area contributed by atoms with E-state index in [-0.39, 0.29) is 16.5 Å². The van der Waals surface area contributed by atoms with Crippen LogP contribution in [0.25, 0.3) is 0 Å². The smallest absolute Gasteiger partial charge is 0.245 e. The summed E-state index contributed by atoms with van der Waals surface area (Å²) in [5, 5.41) is 0.514. The summed E-state index contributed by atoms with van der Waals surface area (Å²) in [6.07, 6.45) is 1.68. The minimum absolute atomic E-state index is 0.0824. The number of hydrogen-bond acceptors (Lipinski definition) is 3. The van der Waals surface area contributed by atoms with E-state index in [0.29, 0.717) is 17.1 Å². The molecule has 0 saturated carbocycles. The minimum Gasteiger partial charge on any atom is -0.326 e. The number of nitrogens with two attached hydrogens (primary N) is 1. The average molecular weight is 337 g/mol. The monoisotopic (exact) mass is 336 g/mol. The van der Waals surface area contributed by atoms with Crippen molar-refractivity contribution in [3.8, 4) is 0 Å². The molecule has 0 radical (unpaired) electrons. The normalized spacial score (nSPS) is 19.4. The zero-order valence-corrected chi connectivity index (χ0v) is 13.8. The standard InChI is InChI=1S/C13H18Cl2N2O2S/c1-13(2)6-3-7-17(13)20(18,19)11-5-4-10(14)9(8-16)12(11)15/h4-5H,3,6-8,16H2,1-2H3. The molecule has 4 nitrogen and oxygen atoms in total. The van der Waals surface area contributed by atoms with Crippen LogP contribution in [0.5, 0.6) is 0 Å². The molecule has 1 aliphatic rings. The van der Waals surface area contributed by atoms with Crippen LogP contribution in [0, 0.1) is 0 Å². The molecule has 0 spiro atoms. The van der Waals surface area contributed by atoms with Gasteiger partial charge in [-0.1, -0.05) is 23.2 Å². The van der Waals surface area contributed by atoms with Crippen molar-refractivity contribution in [2.75, 3.05) is 6.54 Å². The van der Waals surface area contributed by atoms with Crippen molar-refractivity contribution >= 4 is 33.2 Å². The van der Waals surface area contributed by atoms with E-state index in [1.807, 2.05) is 13.8 Å². The molecule has 0 aromatic heterocycles. The van der Waals surface area contributed by atoms with Crippen LogP contribution in [0.15, 0.2) is 17.0 Å². The highest BCUT2D eigenvalue weighted by Crippen LogP contribution is 2.38. The Balaban J connectivity index is 2.56. The van der Waals surface area contributed by atoms with Gasteiger partial charge in [-0.25, -0.2) is 8.42 Å². The first-order chi connectivity index (χ1) is 9.21. The van der Waals surface area contributed by atoms with Crippen molar-refractivity contribution in [3.63, 3.8) is 0 Å². The van der Waals surface area contributed by atoms with Gasteiger partial charge in [-0.15, -0.1) is 0 Å². The Kier molecular flexibility index (Phi) is 4.38. The second-order valence-corrected chi connectivity index (χ2v) is 8.15. The van der Waals surface area contributed by atoms with Crippen molar-refractivity contribution in [1.29, 1.82) is 0 Å². The fourth-order valence-electron chi connectivity index (χ4n) is 2.61. The molecule has 2 rings (SSSR count). The molecule has 0 unspecified atom stereocenters. The molecule has 1 aliphatic heterocycles. The summed E-state index contributed by atoms with van der Waals surface area (Å²) in [7, 11) is -3.64. The van der Waals surface area contributed by atoms with E-state index in [1.54, 1.807) is 0 Å². The van der Waals surface area contributed by atoms with Crippen LogP contribution in [0.2, 0.25) is 10.0 Å². The van der Waals surface area contributed by atoms with E-state index >= 15 is 0 Å². The molecule has 1 aromatic rings. The van der Waals surface area contributed by atoms with Gasteiger partial charge in [0.2, 0.25) is 10.0 Å². The molecule has 20 heavy (non-hydrogen) atoms. The first-order valence-electron chi connectivity index (χ1n) is 6.41. The SMILES string of the molecule is CC1(C)CCCN1S(=O)(=O)c1ccc(Cl)c(CN)c1Cl. The maximum Gasteiger partial charge on any atom is 0.245 e. The fraction of sp³-hybridized carbons (Fsp3) is 0.538. The Labute approximate surface area is 129 Å². The zero-order chi connectivity index (χ0) is 15.1. The van der Waals surface area contributed by atoms with Crippen LogP contribution in [0.3, 0.4) is 0 Å². The average Bonchev–Trinajstić information content (AvgIpc) is 2.69. The lowest BCUT2D eigenvalue weighted by Gasteiger charge is -2.31. The minimum atomic E-state index is -3.64. The van der Waals surface area contributed by atoms with Crippen LogP contribution in [-0.4, -0.2) is 24.8 Å².